The molecule has 1 atom stereocenters. The molecule has 2 aliphatic rings. The van der Waals surface area contributed by atoms with E-state index in [2.05, 4.69) is 5.32 Å². The van der Waals surface area contributed by atoms with Gasteiger partial charge in [-0.15, -0.1) is 0 Å². The van der Waals surface area contributed by atoms with E-state index in [1.165, 1.54) is 0 Å². The minimum Gasteiger partial charge on any atom is -0.494 e. The van der Waals surface area contributed by atoms with E-state index in [9.17, 15) is 14.4 Å². The summed E-state index contributed by atoms with van der Waals surface area (Å²) in [5.74, 6) is 0.0361. The Morgan fingerprint density at radius 3 is 2.74 bits per heavy atom. The summed E-state index contributed by atoms with van der Waals surface area (Å²) in [5.41, 5.74) is 6.71. The van der Waals surface area contributed by atoms with Crippen LogP contribution < -0.4 is 15.8 Å². The standard InChI is InChI=1S/C20H27N3O4/c21-15-8-10-23(11-9-15)19(25)5-2-12-27-16-4-1-3-14(13-16)17-6-7-18(24)22-20(17)26/h1,3-4,13,15,17H,2,5-12,21H2,(H,22,24,26). The Labute approximate surface area is 159 Å². The van der Waals surface area contributed by atoms with Crippen molar-refractivity contribution in [3.8, 4) is 5.75 Å². The largest absolute Gasteiger partial charge is 0.494 e. The number of nitrogens with one attached hydrogen (secondary N) is 1. The smallest absolute Gasteiger partial charge is 0.234 e. The first kappa shape index (κ1) is 19.4. The zero-order valence-corrected chi connectivity index (χ0v) is 15.5. The number of likely N-dealkylation sites (tertiary alicyclic amines) is 1. The first-order chi connectivity index (χ1) is 13.0. The summed E-state index contributed by atoms with van der Waals surface area (Å²) in [5, 5.41) is 2.38. The number of carbonyl (C=O) groups excluding carboxylic acids is 3. The minimum atomic E-state index is -0.321. The number of amides is 3. The molecule has 27 heavy (non-hydrogen) atoms. The molecule has 1 aromatic rings. The first-order valence-corrected chi connectivity index (χ1v) is 9.63. The number of hydrogen-bond donors (Lipinski definition) is 2. The number of nitrogens with zero attached hydrogens (tertiary/aromatic N) is 1. The van der Waals surface area contributed by atoms with Gasteiger partial charge in [-0.05, 0) is 43.4 Å². The van der Waals surface area contributed by atoms with E-state index in [-0.39, 0.29) is 29.7 Å². The summed E-state index contributed by atoms with van der Waals surface area (Å²) in [6.45, 7) is 1.93. The molecule has 1 unspecified atom stereocenters. The van der Waals surface area contributed by atoms with Crippen LogP contribution in [-0.4, -0.2) is 48.4 Å². The van der Waals surface area contributed by atoms with Crippen LogP contribution in [0.3, 0.4) is 0 Å². The molecule has 0 spiro atoms. The van der Waals surface area contributed by atoms with Gasteiger partial charge in [-0.2, -0.15) is 0 Å². The van der Waals surface area contributed by atoms with E-state index in [0.29, 0.717) is 38.0 Å². The van der Waals surface area contributed by atoms with Gasteiger partial charge in [0.05, 0.1) is 12.5 Å². The van der Waals surface area contributed by atoms with E-state index in [1.807, 2.05) is 29.2 Å². The van der Waals surface area contributed by atoms with Gasteiger partial charge in [-0.3, -0.25) is 19.7 Å². The normalized spacial score (nSPS) is 21.1. The number of carbonyl (C=O) groups is 3. The summed E-state index contributed by atoms with van der Waals surface area (Å²) in [7, 11) is 0. The molecule has 0 aromatic heterocycles. The topological polar surface area (TPSA) is 102 Å². The number of nitrogens with two attached hydrogens (primary N) is 1. The van der Waals surface area contributed by atoms with Gasteiger partial charge in [-0.25, -0.2) is 0 Å². The second-order valence-electron chi connectivity index (χ2n) is 7.25. The van der Waals surface area contributed by atoms with Crippen molar-refractivity contribution in [2.24, 2.45) is 5.73 Å². The molecule has 3 N–H and O–H groups in total. The van der Waals surface area contributed by atoms with Crippen LogP contribution in [0.15, 0.2) is 24.3 Å². The number of imide groups is 1. The number of hydrogen-bond acceptors (Lipinski definition) is 5. The van der Waals surface area contributed by atoms with Crippen molar-refractivity contribution in [2.75, 3.05) is 19.7 Å². The van der Waals surface area contributed by atoms with Crippen LogP contribution in [-0.2, 0) is 14.4 Å². The molecule has 1 aromatic carbocycles. The molecule has 146 valence electrons. The lowest BCUT2D eigenvalue weighted by molar-refractivity contribution is -0.134. The van der Waals surface area contributed by atoms with Gasteiger partial charge in [0, 0.05) is 32.0 Å². The molecule has 0 saturated carbocycles. The van der Waals surface area contributed by atoms with Crippen molar-refractivity contribution < 1.29 is 19.1 Å². The maximum atomic E-state index is 12.2. The van der Waals surface area contributed by atoms with Crippen molar-refractivity contribution in [1.82, 2.24) is 10.2 Å². The predicted octanol–water partition coefficient (Wildman–Crippen LogP) is 1.32. The zero-order valence-electron chi connectivity index (χ0n) is 15.5. The van der Waals surface area contributed by atoms with Crippen LogP contribution in [0.25, 0.3) is 0 Å². The highest BCUT2D eigenvalue weighted by atomic mass is 16.5. The highest BCUT2D eigenvalue weighted by Gasteiger charge is 2.28. The van der Waals surface area contributed by atoms with Gasteiger partial charge in [0.2, 0.25) is 17.7 Å². The van der Waals surface area contributed by atoms with Crippen LogP contribution in [0.5, 0.6) is 5.75 Å². The molecule has 0 radical (unpaired) electrons. The van der Waals surface area contributed by atoms with Gasteiger partial charge in [-0.1, -0.05) is 12.1 Å². The second-order valence-corrected chi connectivity index (χ2v) is 7.25. The van der Waals surface area contributed by atoms with Gasteiger partial charge >= 0.3 is 0 Å². The Hall–Kier alpha value is -2.41. The molecule has 2 aliphatic heterocycles. The average molecular weight is 373 g/mol. The van der Waals surface area contributed by atoms with Crippen LogP contribution in [0.4, 0.5) is 0 Å². The van der Waals surface area contributed by atoms with E-state index in [0.717, 1.165) is 31.5 Å². The van der Waals surface area contributed by atoms with Crippen molar-refractivity contribution in [2.45, 2.75) is 50.5 Å². The Morgan fingerprint density at radius 2 is 2.00 bits per heavy atom. The van der Waals surface area contributed by atoms with Crippen molar-refractivity contribution in [1.29, 1.82) is 0 Å². The highest BCUT2D eigenvalue weighted by molar-refractivity contribution is 6.00. The Bertz CT molecular complexity index is 698. The average Bonchev–Trinajstić information content (AvgIpc) is 2.66. The molecule has 2 heterocycles. The molecule has 2 saturated heterocycles. The summed E-state index contributed by atoms with van der Waals surface area (Å²) >= 11 is 0. The van der Waals surface area contributed by atoms with E-state index < -0.39 is 0 Å². The van der Waals surface area contributed by atoms with Crippen LogP contribution in [0.2, 0.25) is 0 Å². The van der Waals surface area contributed by atoms with E-state index in [4.69, 9.17) is 10.5 Å². The Balaban J connectivity index is 1.44. The highest BCUT2D eigenvalue weighted by Crippen LogP contribution is 2.27. The first-order valence-electron chi connectivity index (χ1n) is 9.63. The lowest BCUT2D eigenvalue weighted by Gasteiger charge is -2.30. The maximum absolute atomic E-state index is 12.2. The van der Waals surface area contributed by atoms with Crippen LogP contribution in [0.1, 0.15) is 50.0 Å². The molecule has 7 heteroatoms. The Morgan fingerprint density at radius 1 is 1.22 bits per heavy atom. The van der Waals surface area contributed by atoms with E-state index in [1.54, 1.807) is 0 Å². The van der Waals surface area contributed by atoms with Gasteiger partial charge in [0.15, 0.2) is 0 Å². The third-order valence-electron chi connectivity index (χ3n) is 5.20. The Kier molecular flexibility index (Phi) is 6.45. The molecule has 0 aliphatic carbocycles. The van der Waals surface area contributed by atoms with E-state index >= 15 is 0 Å². The predicted molar refractivity (Wildman–Crippen MR) is 100 cm³/mol. The fourth-order valence-corrected chi connectivity index (χ4v) is 3.55. The van der Waals surface area contributed by atoms with Gasteiger partial charge < -0.3 is 15.4 Å². The third kappa shape index (κ3) is 5.29. The quantitative estimate of drug-likeness (QED) is 0.578. The summed E-state index contributed by atoms with van der Waals surface area (Å²) in [6.07, 6.45) is 3.71. The zero-order chi connectivity index (χ0) is 19.2. The summed E-state index contributed by atoms with van der Waals surface area (Å²) in [6, 6.07) is 7.61. The monoisotopic (exact) mass is 373 g/mol. The van der Waals surface area contributed by atoms with Crippen molar-refractivity contribution >= 4 is 17.7 Å². The fraction of sp³-hybridized carbons (Fsp3) is 0.550. The molecular formula is C20H27N3O4. The lowest BCUT2D eigenvalue weighted by Crippen LogP contribution is -2.42. The second kappa shape index (κ2) is 8.99. The molecule has 3 rings (SSSR count). The number of rotatable bonds is 6. The number of benzene rings is 1. The molecular weight excluding hydrogens is 346 g/mol. The van der Waals surface area contributed by atoms with Crippen molar-refractivity contribution in [3.63, 3.8) is 0 Å². The van der Waals surface area contributed by atoms with Gasteiger partial charge in [0.25, 0.3) is 0 Å². The lowest BCUT2D eigenvalue weighted by atomic mass is 9.90. The summed E-state index contributed by atoms with van der Waals surface area (Å²) in [4.78, 5) is 37.4. The van der Waals surface area contributed by atoms with Crippen LogP contribution >= 0.6 is 0 Å². The molecule has 2 fully saturated rings. The van der Waals surface area contributed by atoms with Crippen molar-refractivity contribution in [3.05, 3.63) is 29.8 Å². The third-order valence-corrected chi connectivity index (χ3v) is 5.20. The van der Waals surface area contributed by atoms with Gasteiger partial charge in [0.1, 0.15) is 5.75 Å². The number of ether oxygens (including phenoxy) is 1. The molecule has 0 bridgehead atoms. The fourth-order valence-electron chi connectivity index (χ4n) is 3.55. The maximum Gasteiger partial charge on any atom is 0.234 e. The summed E-state index contributed by atoms with van der Waals surface area (Å²) < 4.78 is 5.76. The minimum absolute atomic E-state index is 0.155. The van der Waals surface area contributed by atoms with Crippen LogP contribution in [0, 0.1) is 0 Å². The molecule has 3 amide bonds. The number of piperidine rings is 2. The molecule has 7 nitrogen and oxygen atoms in total. The SMILES string of the molecule is NC1CCN(C(=O)CCCOc2cccc(C3CCC(=O)NC3=O)c2)CC1.